The number of fused-ring (bicyclic) bond motifs is 1. The van der Waals surface area contributed by atoms with E-state index in [1.54, 1.807) is 0 Å². The van der Waals surface area contributed by atoms with E-state index in [4.69, 9.17) is 32.7 Å². The second-order valence-electron chi connectivity index (χ2n) is 5.54. The van der Waals surface area contributed by atoms with Gasteiger partial charge in [0.25, 0.3) is 0 Å². The normalized spacial score (nSPS) is 27.2. The first kappa shape index (κ1) is 17.8. The molecule has 1 aliphatic rings. The molecule has 10 heteroatoms. The molecule has 4 atom stereocenters. The van der Waals surface area contributed by atoms with Gasteiger partial charge < -0.3 is 14.6 Å². The quantitative estimate of drug-likeness (QED) is 0.472. The topological polar surface area (TPSA) is 82.3 Å². The van der Waals surface area contributed by atoms with Crippen LogP contribution >= 0.6 is 23.2 Å². The third-order valence-electron chi connectivity index (χ3n) is 3.84. The molecular formula is C14H17Cl2FN4O3. The standard InChI is InChI=1S/C14H17Cl2FN4O3/c1-2-3-4-23-5-7-10(22)8(17)13(24-7)21-6-18-9-11(15)19-14(16)20-12(9)21/h6-8,10,13,22H,2-5H2,1H3/t7-,8-,10?,13-/m1/s1. The van der Waals surface area contributed by atoms with Crippen LogP contribution in [0.3, 0.4) is 0 Å². The maximum absolute atomic E-state index is 14.5. The highest BCUT2D eigenvalue weighted by atomic mass is 35.5. The molecular weight excluding hydrogens is 362 g/mol. The van der Waals surface area contributed by atoms with E-state index in [1.807, 2.05) is 6.92 Å². The number of alkyl halides is 1. The summed E-state index contributed by atoms with van der Waals surface area (Å²) in [6.45, 7) is 2.69. The van der Waals surface area contributed by atoms with Crippen LogP contribution in [0.15, 0.2) is 6.33 Å². The molecule has 0 aromatic carbocycles. The van der Waals surface area contributed by atoms with Gasteiger partial charge >= 0.3 is 0 Å². The van der Waals surface area contributed by atoms with E-state index in [0.717, 1.165) is 12.8 Å². The zero-order valence-corrected chi connectivity index (χ0v) is 14.4. The van der Waals surface area contributed by atoms with E-state index in [-0.39, 0.29) is 28.2 Å². The molecule has 0 spiro atoms. The Hall–Kier alpha value is -1.06. The fourth-order valence-corrected chi connectivity index (χ4v) is 2.98. The van der Waals surface area contributed by atoms with Crippen molar-refractivity contribution >= 4 is 34.4 Å². The van der Waals surface area contributed by atoms with Crippen LogP contribution in [-0.4, -0.2) is 56.2 Å². The van der Waals surface area contributed by atoms with E-state index in [1.165, 1.54) is 10.9 Å². The molecule has 0 amide bonds. The number of aliphatic hydroxyl groups excluding tert-OH is 1. The van der Waals surface area contributed by atoms with Gasteiger partial charge in [0, 0.05) is 6.61 Å². The van der Waals surface area contributed by atoms with Crippen LogP contribution in [0.5, 0.6) is 0 Å². The Labute approximate surface area is 147 Å². The van der Waals surface area contributed by atoms with Crippen LogP contribution in [0, 0.1) is 0 Å². The Morgan fingerprint density at radius 3 is 2.96 bits per heavy atom. The average Bonchev–Trinajstić information content (AvgIpc) is 3.07. The molecule has 24 heavy (non-hydrogen) atoms. The highest BCUT2D eigenvalue weighted by Crippen LogP contribution is 2.34. The Balaban J connectivity index is 1.80. The Bertz CT molecular complexity index is 717. The average molecular weight is 379 g/mol. The second kappa shape index (κ2) is 7.45. The van der Waals surface area contributed by atoms with Crippen LogP contribution in [-0.2, 0) is 9.47 Å². The fourth-order valence-electron chi connectivity index (χ4n) is 2.55. The van der Waals surface area contributed by atoms with Gasteiger partial charge in [-0.25, -0.2) is 14.4 Å². The minimum atomic E-state index is -1.66. The van der Waals surface area contributed by atoms with Gasteiger partial charge in [0.05, 0.1) is 12.9 Å². The molecule has 1 unspecified atom stereocenters. The lowest BCUT2D eigenvalue weighted by atomic mass is 10.1. The molecule has 2 aromatic heterocycles. The van der Waals surface area contributed by atoms with Gasteiger partial charge in [0.2, 0.25) is 5.28 Å². The van der Waals surface area contributed by atoms with Gasteiger partial charge in [-0.3, -0.25) is 4.57 Å². The van der Waals surface area contributed by atoms with Gasteiger partial charge in [-0.15, -0.1) is 0 Å². The molecule has 1 fully saturated rings. The van der Waals surface area contributed by atoms with Crippen LogP contribution in [0.2, 0.25) is 10.4 Å². The maximum Gasteiger partial charge on any atom is 0.225 e. The summed E-state index contributed by atoms with van der Waals surface area (Å²) in [6, 6.07) is 0. The summed E-state index contributed by atoms with van der Waals surface area (Å²) < 4.78 is 26.9. The molecule has 0 bridgehead atoms. The number of halogens is 3. The molecule has 132 valence electrons. The summed E-state index contributed by atoms with van der Waals surface area (Å²) in [6.07, 6.45) is -1.60. The van der Waals surface area contributed by atoms with Gasteiger partial charge in [0.15, 0.2) is 23.2 Å². The molecule has 0 saturated carbocycles. The number of rotatable bonds is 6. The lowest BCUT2D eigenvalue weighted by molar-refractivity contribution is -0.0631. The minimum absolute atomic E-state index is 0.0668. The minimum Gasteiger partial charge on any atom is -0.387 e. The number of aliphatic hydroxyl groups is 1. The monoisotopic (exact) mass is 378 g/mol. The zero-order chi connectivity index (χ0) is 17.3. The smallest absolute Gasteiger partial charge is 0.225 e. The summed E-state index contributed by atoms with van der Waals surface area (Å²) in [5, 5.41) is 10.1. The van der Waals surface area contributed by atoms with Gasteiger partial charge in [-0.2, -0.15) is 4.98 Å². The van der Waals surface area contributed by atoms with E-state index >= 15 is 0 Å². The Morgan fingerprint density at radius 2 is 2.21 bits per heavy atom. The van der Waals surface area contributed by atoms with Gasteiger partial charge in [-0.05, 0) is 18.0 Å². The molecule has 1 N–H and O–H groups in total. The van der Waals surface area contributed by atoms with Gasteiger partial charge in [-0.1, -0.05) is 24.9 Å². The molecule has 3 heterocycles. The molecule has 0 radical (unpaired) electrons. The number of unbranched alkanes of at least 4 members (excludes halogenated alkanes) is 1. The lowest BCUT2D eigenvalue weighted by Crippen LogP contribution is -2.31. The van der Waals surface area contributed by atoms with E-state index in [9.17, 15) is 9.50 Å². The molecule has 2 aromatic rings. The fraction of sp³-hybridized carbons (Fsp3) is 0.643. The number of nitrogens with zero attached hydrogens (tertiary/aromatic N) is 4. The predicted molar refractivity (Wildman–Crippen MR) is 85.9 cm³/mol. The van der Waals surface area contributed by atoms with Crippen molar-refractivity contribution in [3.63, 3.8) is 0 Å². The number of aromatic nitrogens is 4. The lowest BCUT2D eigenvalue weighted by Gasteiger charge is -2.15. The first-order valence-corrected chi connectivity index (χ1v) is 8.39. The second-order valence-corrected chi connectivity index (χ2v) is 6.23. The number of hydrogen-bond acceptors (Lipinski definition) is 6. The first-order valence-electron chi connectivity index (χ1n) is 7.63. The Morgan fingerprint density at radius 1 is 1.42 bits per heavy atom. The van der Waals surface area contributed by atoms with Crippen LogP contribution in [0.1, 0.15) is 26.0 Å². The molecule has 1 aliphatic heterocycles. The number of ether oxygens (including phenoxy) is 2. The van der Waals surface area contributed by atoms with Crippen molar-refractivity contribution in [2.24, 2.45) is 0 Å². The third-order valence-corrected chi connectivity index (χ3v) is 4.28. The van der Waals surface area contributed by atoms with Crippen LogP contribution < -0.4 is 0 Å². The molecule has 0 aliphatic carbocycles. The van der Waals surface area contributed by atoms with Crippen molar-refractivity contribution in [3.8, 4) is 0 Å². The number of imidazole rings is 1. The third kappa shape index (κ3) is 3.34. The van der Waals surface area contributed by atoms with Gasteiger partial charge in [0.1, 0.15) is 17.7 Å². The summed E-state index contributed by atoms with van der Waals surface area (Å²) in [4.78, 5) is 11.9. The van der Waals surface area contributed by atoms with E-state index in [2.05, 4.69) is 15.0 Å². The zero-order valence-electron chi connectivity index (χ0n) is 12.9. The molecule has 7 nitrogen and oxygen atoms in total. The van der Waals surface area contributed by atoms with Crippen molar-refractivity contribution in [2.45, 2.75) is 44.4 Å². The van der Waals surface area contributed by atoms with Crippen molar-refractivity contribution in [3.05, 3.63) is 16.8 Å². The van der Waals surface area contributed by atoms with Crippen molar-refractivity contribution < 1.29 is 19.0 Å². The summed E-state index contributed by atoms with van der Waals surface area (Å²) in [7, 11) is 0. The maximum atomic E-state index is 14.5. The highest BCUT2D eigenvalue weighted by Gasteiger charge is 2.45. The van der Waals surface area contributed by atoms with Crippen LogP contribution in [0.25, 0.3) is 11.2 Å². The predicted octanol–water partition coefficient (Wildman–Crippen LogP) is 2.55. The van der Waals surface area contributed by atoms with E-state index < -0.39 is 24.6 Å². The van der Waals surface area contributed by atoms with Crippen LogP contribution in [0.4, 0.5) is 4.39 Å². The summed E-state index contributed by atoms with van der Waals surface area (Å²) in [5.41, 5.74) is 0.529. The summed E-state index contributed by atoms with van der Waals surface area (Å²) >= 11 is 11.8. The van der Waals surface area contributed by atoms with Crippen molar-refractivity contribution in [1.29, 1.82) is 0 Å². The van der Waals surface area contributed by atoms with Crippen molar-refractivity contribution in [2.75, 3.05) is 13.2 Å². The summed E-state index contributed by atoms with van der Waals surface area (Å²) in [5.74, 6) is 0. The molecule has 3 rings (SSSR count). The Kier molecular flexibility index (Phi) is 5.51. The van der Waals surface area contributed by atoms with E-state index in [0.29, 0.717) is 6.61 Å². The first-order chi connectivity index (χ1) is 11.5. The molecule has 1 saturated heterocycles. The number of hydrogen-bond donors (Lipinski definition) is 1. The SMILES string of the molecule is CCCCOC[C@H]1O[C@@H](n2cnc3c(Cl)nc(Cl)nc32)[C@H](F)C1O. The highest BCUT2D eigenvalue weighted by molar-refractivity contribution is 6.35. The largest absolute Gasteiger partial charge is 0.387 e. The van der Waals surface area contributed by atoms with Crippen molar-refractivity contribution in [1.82, 2.24) is 19.5 Å².